The molecule has 2 aromatic carbocycles. The fraction of sp³-hybridized carbons (Fsp3) is 0.357. The third kappa shape index (κ3) is 6.11. The van der Waals surface area contributed by atoms with Crippen molar-refractivity contribution in [3.8, 4) is 5.75 Å². The number of ether oxygens (including phenoxy) is 2. The summed E-state index contributed by atoms with van der Waals surface area (Å²) in [5.74, 6) is -0.731. The van der Waals surface area contributed by atoms with E-state index in [0.29, 0.717) is 0 Å². The van der Waals surface area contributed by atoms with Gasteiger partial charge in [-0.2, -0.15) is 10.1 Å². The van der Waals surface area contributed by atoms with Crippen LogP contribution in [-0.4, -0.2) is 72.3 Å². The maximum Gasteiger partial charge on any atom is 0.459 e. The molecule has 1 aliphatic rings. The number of anilines is 1. The van der Waals surface area contributed by atoms with Crippen molar-refractivity contribution in [1.82, 2.24) is 24.6 Å². The van der Waals surface area contributed by atoms with E-state index in [0.717, 1.165) is 10.8 Å². The number of aliphatic hydroxyl groups excluding tert-OH is 2. The van der Waals surface area contributed by atoms with E-state index in [-0.39, 0.29) is 22.9 Å². The maximum absolute atomic E-state index is 14.2. The van der Waals surface area contributed by atoms with Gasteiger partial charge in [-0.15, -0.1) is 6.58 Å². The molecule has 44 heavy (non-hydrogen) atoms. The van der Waals surface area contributed by atoms with E-state index >= 15 is 0 Å². The van der Waals surface area contributed by atoms with Gasteiger partial charge in [-0.05, 0) is 43.7 Å². The number of nitrogens with two attached hydrogens (primary N) is 1. The molecule has 0 bridgehead atoms. The molecule has 15 nitrogen and oxygen atoms in total. The number of rotatable bonds is 11. The lowest BCUT2D eigenvalue weighted by Crippen LogP contribution is -2.46. The van der Waals surface area contributed by atoms with E-state index < -0.39 is 62.1 Å². The van der Waals surface area contributed by atoms with Gasteiger partial charge >= 0.3 is 13.7 Å². The Kier molecular flexibility index (Phi) is 8.62. The normalized spacial score (nSPS) is 23.9. The van der Waals surface area contributed by atoms with Crippen molar-refractivity contribution in [2.24, 2.45) is 0 Å². The number of nitrogens with zero attached hydrogens (tertiary/aromatic N) is 3. The van der Waals surface area contributed by atoms with Crippen LogP contribution in [0.15, 0.2) is 66.2 Å². The number of carbonyl (C=O) groups excluding carboxylic acids is 1. The number of benzene rings is 2. The number of imidazole rings is 1. The molecule has 1 unspecified atom stereocenters. The summed E-state index contributed by atoms with van der Waals surface area (Å²) < 4.78 is 38.3. The number of aromatic amines is 1. The summed E-state index contributed by atoms with van der Waals surface area (Å²) in [5.41, 5.74) is 3.15. The molecule has 0 saturated carbocycles. The molecule has 16 heteroatoms. The molecular weight excluding hydrogens is 595 g/mol. The first-order chi connectivity index (χ1) is 20.8. The number of fused-ring (bicyclic) bond motifs is 2. The Balaban J connectivity index is 1.44. The predicted molar refractivity (Wildman–Crippen MR) is 160 cm³/mol. The van der Waals surface area contributed by atoms with Crippen LogP contribution in [-0.2, 0) is 23.4 Å². The van der Waals surface area contributed by atoms with Crippen molar-refractivity contribution in [2.45, 2.75) is 57.0 Å². The first kappa shape index (κ1) is 31.3. The Morgan fingerprint density at radius 2 is 2.00 bits per heavy atom. The number of aromatic nitrogens is 4. The monoisotopic (exact) mass is 628 g/mol. The van der Waals surface area contributed by atoms with Crippen molar-refractivity contribution >= 4 is 41.6 Å². The molecule has 0 amide bonds. The zero-order valence-electron chi connectivity index (χ0n) is 24.1. The fourth-order valence-corrected chi connectivity index (χ4v) is 6.29. The molecule has 1 saturated heterocycles. The van der Waals surface area contributed by atoms with Gasteiger partial charge in [-0.1, -0.05) is 36.4 Å². The van der Waals surface area contributed by atoms with E-state index in [4.69, 9.17) is 24.3 Å². The van der Waals surface area contributed by atoms with Gasteiger partial charge < -0.3 is 29.9 Å². The van der Waals surface area contributed by atoms with E-state index in [1.165, 1.54) is 23.9 Å². The highest BCUT2D eigenvalue weighted by Gasteiger charge is 2.55. The molecule has 2 aromatic heterocycles. The van der Waals surface area contributed by atoms with Crippen LogP contribution in [0.5, 0.6) is 5.75 Å². The molecule has 4 aromatic rings. The van der Waals surface area contributed by atoms with Gasteiger partial charge in [0.15, 0.2) is 17.4 Å². The lowest BCUT2D eigenvalue weighted by molar-refractivity contribution is -0.149. The lowest BCUT2D eigenvalue weighted by Gasteiger charge is -2.31. The molecule has 1 aliphatic heterocycles. The second kappa shape index (κ2) is 12.1. The topological polar surface area (TPSA) is 213 Å². The van der Waals surface area contributed by atoms with Crippen LogP contribution in [0.25, 0.3) is 21.9 Å². The van der Waals surface area contributed by atoms with Crippen LogP contribution in [0.1, 0.15) is 27.0 Å². The standard InChI is InChI=1S/C28H33N6O9P/c1-5-28(22(36)21(35)25(42-28)34-14-30-20-23(34)31-27(29)32-24(20)37)13-40-44(39,33-16(4)26(38)41-15(2)3)43-19-11-10-17-8-6-7-9-18(17)12-19/h5-12,14-16,21-22,25,35-36H,1,13H2,2-4H3,(H,33,39)(H3,29,31,32,37)/t16-,21+,22-,25+,28+,44?/m0/s1. The van der Waals surface area contributed by atoms with Gasteiger partial charge in [-0.3, -0.25) is 23.7 Å². The van der Waals surface area contributed by atoms with Crippen LogP contribution >= 0.6 is 7.75 Å². The quantitative estimate of drug-likeness (QED) is 0.0916. The molecule has 6 N–H and O–H groups in total. The van der Waals surface area contributed by atoms with Gasteiger partial charge in [-0.25, -0.2) is 9.55 Å². The molecule has 0 spiro atoms. The Morgan fingerprint density at radius 1 is 1.27 bits per heavy atom. The largest absolute Gasteiger partial charge is 0.462 e. The fourth-order valence-electron chi connectivity index (χ4n) is 4.77. The molecule has 3 heterocycles. The first-order valence-electron chi connectivity index (χ1n) is 13.7. The van der Waals surface area contributed by atoms with Gasteiger partial charge in [0, 0.05) is 0 Å². The average molecular weight is 629 g/mol. The number of nitrogen functional groups attached to an aromatic ring is 1. The number of H-pyrrole nitrogens is 1. The average Bonchev–Trinajstić information content (AvgIpc) is 3.50. The molecule has 5 rings (SSSR count). The Labute approximate surface area is 251 Å². The second-order valence-electron chi connectivity index (χ2n) is 10.6. The highest BCUT2D eigenvalue weighted by Crippen LogP contribution is 2.48. The van der Waals surface area contributed by atoms with Gasteiger partial charge in [0.05, 0.1) is 19.0 Å². The first-order valence-corrected chi connectivity index (χ1v) is 15.2. The molecule has 6 atom stereocenters. The third-order valence-electron chi connectivity index (χ3n) is 6.99. The van der Waals surface area contributed by atoms with E-state index in [1.807, 2.05) is 24.3 Å². The van der Waals surface area contributed by atoms with Crippen LogP contribution in [0.3, 0.4) is 0 Å². The van der Waals surface area contributed by atoms with Crippen LogP contribution in [0, 0.1) is 0 Å². The van der Waals surface area contributed by atoms with Crippen molar-refractivity contribution < 1.29 is 38.1 Å². The predicted octanol–water partition coefficient (Wildman–Crippen LogP) is 2.16. The summed E-state index contributed by atoms with van der Waals surface area (Å²) in [6.07, 6.45) is -2.66. The van der Waals surface area contributed by atoms with Gasteiger partial charge in [0.1, 0.15) is 29.6 Å². The molecule has 234 valence electrons. The number of hydrogen-bond donors (Lipinski definition) is 5. The molecule has 0 aliphatic carbocycles. The highest BCUT2D eigenvalue weighted by atomic mass is 31.2. The minimum absolute atomic E-state index is 0.00672. The van der Waals surface area contributed by atoms with Crippen LogP contribution < -0.4 is 20.9 Å². The molecule has 0 radical (unpaired) electrons. The maximum atomic E-state index is 14.2. The van der Waals surface area contributed by atoms with Crippen molar-refractivity contribution in [2.75, 3.05) is 12.3 Å². The third-order valence-corrected chi connectivity index (χ3v) is 8.61. The molecule has 1 fully saturated rings. The Morgan fingerprint density at radius 3 is 2.70 bits per heavy atom. The molecular formula is C28H33N6O9P. The summed E-state index contributed by atoms with van der Waals surface area (Å²) in [4.78, 5) is 35.3. The summed E-state index contributed by atoms with van der Waals surface area (Å²) in [6, 6.07) is 11.3. The number of aliphatic hydroxyl groups is 2. The Bertz CT molecular complexity index is 1810. The van der Waals surface area contributed by atoms with E-state index in [2.05, 4.69) is 26.6 Å². The second-order valence-corrected chi connectivity index (χ2v) is 12.3. The van der Waals surface area contributed by atoms with Gasteiger partial charge in [0.25, 0.3) is 5.56 Å². The minimum atomic E-state index is -4.42. The zero-order valence-corrected chi connectivity index (χ0v) is 25.0. The Hall–Kier alpha value is -4.11. The van der Waals surface area contributed by atoms with Gasteiger partial charge in [0.2, 0.25) is 5.95 Å². The van der Waals surface area contributed by atoms with Crippen molar-refractivity contribution in [3.63, 3.8) is 0 Å². The number of esters is 1. The highest BCUT2D eigenvalue weighted by molar-refractivity contribution is 7.52. The number of carbonyl (C=O) groups is 1. The summed E-state index contributed by atoms with van der Waals surface area (Å²) in [7, 11) is -4.42. The van der Waals surface area contributed by atoms with Crippen molar-refractivity contribution in [1.29, 1.82) is 0 Å². The number of hydrogen-bond acceptors (Lipinski definition) is 12. The minimum Gasteiger partial charge on any atom is -0.462 e. The zero-order chi connectivity index (χ0) is 31.8. The summed E-state index contributed by atoms with van der Waals surface area (Å²) in [5, 5.41) is 26.4. The summed E-state index contributed by atoms with van der Waals surface area (Å²) >= 11 is 0. The van der Waals surface area contributed by atoms with E-state index in [1.54, 1.807) is 32.0 Å². The lowest BCUT2D eigenvalue weighted by atomic mass is 9.96. The van der Waals surface area contributed by atoms with Crippen LogP contribution in [0.2, 0.25) is 0 Å². The van der Waals surface area contributed by atoms with Crippen molar-refractivity contribution in [3.05, 3.63) is 71.8 Å². The van der Waals surface area contributed by atoms with Crippen LogP contribution in [0.4, 0.5) is 5.95 Å². The SMILES string of the molecule is C=C[C@]1(COP(=O)(N[C@@H](C)C(=O)OC(C)C)Oc2ccc3ccccc3c2)O[C@@H](n2cnc3c(=O)[nH]c(N)nc32)[C@H](O)[C@@H]1O. The summed E-state index contributed by atoms with van der Waals surface area (Å²) in [6.45, 7) is 7.85. The smallest absolute Gasteiger partial charge is 0.459 e. The number of nitrogens with one attached hydrogen (secondary N) is 2. The van der Waals surface area contributed by atoms with E-state index in [9.17, 15) is 24.4 Å².